The first-order valence-corrected chi connectivity index (χ1v) is 6.88. The van der Waals surface area contributed by atoms with Crippen molar-refractivity contribution in [3.63, 3.8) is 0 Å². The van der Waals surface area contributed by atoms with E-state index in [2.05, 4.69) is 16.1 Å². The average Bonchev–Trinajstić information content (AvgIpc) is 2.90. The van der Waals surface area contributed by atoms with Crippen LogP contribution in [0.15, 0.2) is 52.7 Å². The van der Waals surface area contributed by atoms with E-state index < -0.39 is 0 Å². The predicted octanol–water partition coefficient (Wildman–Crippen LogP) is 1.61. The minimum atomic E-state index is -0.209. The molecule has 3 rings (SSSR count). The highest BCUT2D eigenvalue weighted by molar-refractivity contribution is 7.99. The lowest BCUT2D eigenvalue weighted by molar-refractivity contribution is 0.894. The molecule has 1 aromatic carbocycles. The number of hydrogen-bond donors (Lipinski definition) is 0. The largest absolute Gasteiger partial charge is 0.300 e. The van der Waals surface area contributed by atoms with Gasteiger partial charge in [0, 0.05) is 18.1 Å². The van der Waals surface area contributed by atoms with E-state index in [0.29, 0.717) is 10.9 Å². The molecule has 5 nitrogen and oxygen atoms in total. The predicted molar refractivity (Wildman–Crippen MR) is 78.1 cm³/mol. The first-order chi connectivity index (χ1) is 9.81. The second-order valence-electron chi connectivity index (χ2n) is 3.98. The van der Waals surface area contributed by atoms with Gasteiger partial charge in [0.15, 0.2) is 5.16 Å². The zero-order valence-electron chi connectivity index (χ0n) is 10.4. The molecule has 0 saturated heterocycles. The van der Waals surface area contributed by atoms with Crippen LogP contribution in [0.2, 0.25) is 0 Å². The van der Waals surface area contributed by atoms with Crippen LogP contribution in [0, 0.1) is 12.3 Å². The molecule has 0 bridgehead atoms. The van der Waals surface area contributed by atoms with Crippen LogP contribution >= 0.6 is 11.8 Å². The highest BCUT2D eigenvalue weighted by Gasteiger charge is 2.11. The molecule has 0 saturated carbocycles. The molecule has 20 heavy (non-hydrogen) atoms. The lowest BCUT2D eigenvalue weighted by atomic mass is 10.3. The molecular formula is C14H10N4OS. The highest BCUT2D eigenvalue weighted by atomic mass is 32.2. The fraction of sp³-hybridized carbons (Fsp3) is 0.0714. The van der Waals surface area contributed by atoms with Gasteiger partial charge in [-0.15, -0.1) is 16.6 Å². The second kappa shape index (κ2) is 5.23. The smallest absolute Gasteiger partial charge is 0.280 e. The summed E-state index contributed by atoms with van der Waals surface area (Å²) in [7, 11) is 0. The molecule has 0 spiro atoms. The number of nitrogens with zero attached hydrogens (tertiary/aromatic N) is 4. The molecule has 0 fully saturated rings. The minimum absolute atomic E-state index is 0.209. The fourth-order valence-electron chi connectivity index (χ4n) is 1.86. The summed E-state index contributed by atoms with van der Waals surface area (Å²) in [5.74, 6) is 3.01. The van der Waals surface area contributed by atoms with E-state index >= 15 is 0 Å². The van der Waals surface area contributed by atoms with Gasteiger partial charge in [0.25, 0.3) is 0 Å². The van der Waals surface area contributed by atoms with E-state index in [0.717, 1.165) is 5.69 Å². The van der Waals surface area contributed by atoms with Gasteiger partial charge in [-0.2, -0.15) is 0 Å². The van der Waals surface area contributed by atoms with Crippen LogP contribution in [-0.2, 0) is 0 Å². The summed E-state index contributed by atoms with van der Waals surface area (Å²) in [6.07, 6.45) is 8.69. The molecular weight excluding hydrogens is 272 g/mol. The Morgan fingerprint density at radius 2 is 2.00 bits per heavy atom. The van der Waals surface area contributed by atoms with E-state index in [9.17, 15) is 4.79 Å². The third-order valence-corrected chi connectivity index (χ3v) is 3.61. The van der Waals surface area contributed by atoms with E-state index in [1.165, 1.54) is 11.8 Å². The number of rotatable bonds is 3. The maximum absolute atomic E-state index is 12.4. The van der Waals surface area contributed by atoms with Crippen molar-refractivity contribution in [2.75, 3.05) is 5.75 Å². The van der Waals surface area contributed by atoms with Crippen LogP contribution in [0.25, 0.3) is 11.3 Å². The Hall–Kier alpha value is -2.52. The molecule has 6 heteroatoms. The zero-order valence-corrected chi connectivity index (χ0v) is 11.2. The van der Waals surface area contributed by atoms with Crippen LogP contribution in [-0.4, -0.2) is 24.9 Å². The van der Waals surface area contributed by atoms with Crippen molar-refractivity contribution in [3.8, 4) is 18.0 Å². The first-order valence-electron chi connectivity index (χ1n) is 5.89. The van der Waals surface area contributed by atoms with Crippen molar-refractivity contribution in [2.24, 2.45) is 0 Å². The molecule has 0 amide bonds. The van der Waals surface area contributed by atoms with E-state index in [4.69, 9.17) is 6.42 Å². The monoisotopic (exact) mass is 282 g/mol. The third kappa shape index (κ3) is 2.08. The molecule has 2 aromatic heterocycles. The highest BCUT2D eigenvalue weighted by Crippen LogP contribution is 2.15. The quantitative estimate of drug-likeness (QED) is 0.541. The van der Waals surface area contributed by atoms with Crippen LogP contribution < -0.4 is 5.56 Å². The minimum Gasteiger partial charge on any atom is -0.280 e. The molecule has 2 heterocycles. The normalized spacial score (nSPS) is 10.6. The van der Waals surface area contributed by atoms with Gasteiger partial charge in [0.2, 0.25) is 5.65 Å². The fourth-order valence-corrected chi connectivity index (χ4v) is 2.46. The van der Waals surface area contributed by atoms with Gasteiger partial charge in [-0.25, -0.2) is 0 Å². The third-order valence-electron chi connectivity index (χ3n) is 2.76. The van der Waals surface area contributed by atoms with Crippen LogP contribution in [0.1, 0.15) is 0 Å². The van der Waals surface area contributed by atoms with Gasteiger partial charge >= 0.3 is 5.56 Å². The van der Waals surface area contributed by atoms with Crippen molar-refractivity contribution >= 4 is 17.4 Å². The van der Waals surface area contributed by atoms with E-state index in [1.54, 1.807) is 21.4 Å². The zero-order chi connectivity index (χ0) is 13.9. The number of hydrogen-bond acceptors (Lipinski definition) is 4. The van der Waals surface area contributed by atoms with E-state index in [1.807, 2.05) is 30.3 Å². The van der Waals surface area contributed by atoms with Gasteiger partial charge < -0.3 is 0 Å². The Labute approximate surface area is 119 Å². The number of fused-ring (bicyclic) bond motifs is 1. The molecule has 0 atom stereocenters. The molecule has 0 radical (unpaired) electrons. The number of terminal acetylenes is 1. The second-order valence-corrected chi connectivity index (χ2v) is 4.92. The molecule has 0 aliphatic rings. The maximum Gasteiger partial charge on any atom is 0.300 e. The summed E-state index contributed by atoms with van der Waals surface area (Å²) in [6, 6.07) is 9.39. The van der Waals surface area contributed by atoms with Crippen molar-refractivity contribution in [1.82, 2.24) is 19.2 Å². The Morgan fingerprint density at radius 1 is 1.20 bits per heavy atom. The molecule has 0 N–H and O–H groups in total. The maximum atomic E-state index is 12.4. The first kappa shape index (κ1) is 12.5. The standard InChI is InChI=1S/C14H10N4OS/c1-2-10-20-14-16-15-12-13(19)17(8-9-18(12)14)11-6-4-3-5-7-11/h1,3-9H,10H2. The Balaban J connectivity index is 2.14. The van der Waals surface area contributed by atoms with E-state index in [-0.39, 0.29) is 11.2 Å². The summed E-state index contributed by atoms with van der Waals surface area (Å²) in [6.45, 7) is 0. The lowest BCUT2D eigenvalue weighted by Crippen LogP contribution is -2.20. The Kier molecular flexibility index (Phi) is 3.27. The van der Waals surface area contributed by atoms with Crippen molar-refractivity contribution in [3.05, 3.63) is 53.1 Å². The number of para-hydroxylation sites is 1. The van der Waals surface area contributed by atoms with Gasteiger partial charge in [0.1, 0.15) is 0 Å². The Morgan fingerprint density at radius 3 is 2.75 bits per heavy atom. The van der Waals surface area contributed by atoms with Crippen LogP contribution in [0.3, 0.4) is 0 Å². The molecule has 98 valence electrons. The number of aromatic nitrogens is 4. The van der Waals surface area contributed by atoms with Crippen molar-refractivity contribution in [2.45, 2.75) is 5.16 Å². The summed E-state index contributed by atoms with van der Waals surface area (Å²) < 4.78 is 3.20. The lowest BCUT2D eigenvalue weighted by Gasteiger charge is -2.05. The molecule has 3 aromatic rings. The van der Waals surface area contributed by atoms with Crippen molar-refractivity contribution < 1.29 is 0 Å². The topological polar surface area (TPSA) is 52.2 Å². The number of benzene rings is 1. The summed E-state index contributed by atoms with van der Waals surface area (Å²) in [5, 5.41) is 8.56. The average molecular weight is 282 g/mol. The summed E-state index contributed by atoms with van der Waals surface area (Å²) >= 11 is 1.37. The summed E-state index contributed by atoms with van der Waals surface area (Å²) in [4.78, 5) is 12.4. The van der Waals surface area contributed by atoms with Crippen molar-refractivity contribution in [1.29, 1.82) is 0 Å². The van der Waals surface area contributed by atoms with Gasteiger partial charge in [-0.3, -0.25) is 13.8 Å². The molecule has 0 aliphatic carbocycles. The number of thioether (sulfide) groups is 1. The van der Waals surface area contributed by atoms with Crippen LogP contribution in [0.4, 0.5) is 0 Å². The van der Waals surface area contributed by atoms with Gasteiger partial charge in [0.05, 0.1) is 5.75 Å². The summed E-state index contributed by atoms with van der Waals surface area (Å²) in [5.41, 5.74) is 0.871. The molecule has 0 unspecified atom stereocenters. The van der Waals surface area contributed by atoms with Crippen LogP contribution in [0.5, 0.6) is 0 Å². The SMILES string of the molecule is C#CCSc1nnc2c(=O)n(-c3ccccc3)ccn12. The Bertz CT molecular complexity index is 845. The van der Waals surface area contributed by atoms with Gasteiger partial charge in [-0.05, 0) is 12.1 Å². The molecule has 0 aliphatic heterocycles. The van der Waals surface area contributed by atoms with Gasteiger partial charge in [-0.1, -0.05) is 35.9 Å².